The van der Waals surface area contributed by atoms with Crippen LogP contribution in [0.25, 0.3) is 0 Å². The van der Waals surface area contributed by atoms with Crippen molar-refractivity contribution in [3.05, 3.63) is 64.2 Å². The molecular formula is C29H32ClF6N3O3. The number of aliphatic hydroxyl groups is 1. The Bertz CT molecular complexity index is 1290. The van der Waals surface area contributed by atoms with Crippen molar-refractivity contribution >= 4 is 29.1 Å². The van der Waals surface area contributed by atoms with Crippen LogP contribution in [0, 0.1) is 11.8 Å². The molecule has 1 atom stereocenters. The second-order valence-electron chi connectivity index (χ2n) is 10.9. The third-order valence-electron chi connectivity index (χ3n) is 8.30. The summed E-state index contributed by atoms with van der Waals surface area (Å²) in [6.45, 7) is 1.48. The normalized spacial score (nSPS) is 19.0. The Kier molecular flexibility index (Phi) is 9.37. The molecular weight excluding hydrogens is 588 g/mol. The largest absolute Gasteiger partial charge is 0.430 e. The number of hydrogen-bond donors (Lipinski definition) is 2. The maximum Gasteiger partial charge on any atom is 0.430 e. The first kappa shape index (κ1) is 31.9. The smallest absolute Gasteiger partial charge is 0.371 e. The molecule has 0 bridgehead atoms. The number of amides is 2. The number of hydrogen-bond acceptors (Lipinski definition) is 4. The fraction of sp³-hybridized carbons (Fsp3) is 0.517. The van der Waals surface area contributed by atoms with Crippen LogP contribution in [-0.4, -0.2) is 61.2 Å². The summed E-state index contributed by atoms with van der Waals surface area (Å²) in [5, 5.41) is 13.5. The Morgan fingerprint density at radius 2 is 1.48 bits per heavy atom. The molecule has 2 fully saturated rings. The third-order valence-corrected chi connectivity index (χ3v) is 8.61. The molecule has 2 heterocycles. The summed E-state index contributed by atoms with van der Waals surface area (Å²) in [7, 11) is 1.53. The average Bonchev–Trinajstić information content (AvgIpc) is 2.95. The minimum absolute atomic E-state index is 0.0319. The van der Waals surface area contributed by atoms with E-state index >= 15 is 0 Å². The molecule has 2 saturated heterocycles. The van der Waals surface area contributed by atoms with Gasteiger partial charge in [0.25, 0.3) is 17.4 Å². The standard InChI is InChI=1S/C29H32ClF6N3O3/c1-37-25(40)23-6-5-22(17-24(23)30)38-11-7-18(8-12-38)15-19-9-13-39(14-10-19)26(41)27(42,29(34,35)36)20-3-2-4-21(16-20)28(31,32)33/h2-6,16-19,42H,7-15H2,1H3,(H,37,40). The van der Waals surface area contributed by atoms with E-state index in [9.17, 15) is 41.0 Å². The van der Waals surface area contributed by atoms with Crippen LogP contribution in [-0.2, 0) is 16.6 Å². The van der Waals surface area contributed by atoms with Gasteiger partial charge in [-0.25, -0.2) is 0 Å². The molecule has 0 radical (unpaired) electrons. The van der Waals surface area contributed by atoms with Gasteiger partial charge in [-0.05, 0) is 74.3 Å². The highest BCUT2D eigenvalue weighted by Crippen LogP contribution is 2.43. The van der Waals surface area contributed by atoms with Crippen molar-refractivity contribution in [2.45, 2.75) is 50.1 Å². The Morgan fingerprint density at radius 3 is 2.00 bits per heavy atom. The van der Waals surface area contributed by atoms with E-state index in [0.717, 1.165) is 49.0 Å². The molecule has 2 aromatic carbocycles. The summed E-state index contributed by atoms with van der Waals surface area (Å²) in [6, 6.07) is 7.49. The zero-order chi connectivity index (χ0) is 30.9. The van der Waals surface area contributed by atoms with Crippen LogP contribution in [0.4, 0.5) is 32.0 Å². The summed E-state index contributed by atoms with van der Waals surface area (Å²) in [6.07, 6.45) is -6.99. The lowest BCUT2D eigenvalue weighted by Gasteiger charge is -2.40. The first-order valence-corrected chi connectivity index (χ1v) is 14.1. The number of halogens is 7. The second-order valence-corrected chi connectivity index (χ2v) is 11.3. The van der Waals surface area contributed by atoms with Crippen LogP contribution in [0.1, 0.15) is 53.6 Å². The van der Waals surface area contributed by atoms with Gasteiger partial charge in [0.1, 0.15) is 0 Å². The molecule has 4 rings (SSSR count). The molecule has 2 aliphatic rings. The number of carbonyl (C=O) groups is 2. The summed E-state index contributed by atoms with van der Waals surface area (Å²) >= 11 is 6.29. The summed E-state index contributed by atoms with van der Waals surface area (Å²) in [4.78, 5) is 28.0. The summed E-state index contributed by atoms with van der Waals surface area (Å²) < 4.78 is 81.6. The van der Waals surface area contributed by atoms with Crippen molar-refractivity contribution in [2.75, 3.05) is 38.1 Å². The first-order valence-electron chi connectivity index (χ1n) is 13.7. The number of anilines is 1. The van der Waals surface area contributed by atoms with Crippen LogP contribution in [0.2, 0.25) is 5.02 Å². The molecule has 2 N–H and O–H groups in total. The number of piperidine rings is 2. The van der Waals surface area contributed by atoms with Gasteiger partial charge in [0, 0.05) is 44.5 Å². The number of rotatable bonds is 6. The third kappa shape index (κ3) is 6.64. The molecule has 2 amide bonds. The van der Waals surface area contributed by atoms with Crippen LogP contribution in [0.5, 0.6) is 0 Å². The highest BCUT2D eigenvalue weighted by atomic mass is 35.5. The molecule has 230 valence electrons. The molecule has 13 heteroatoms. The van der Waals surface area contributed by atoms with Gasteiger partial charge in [-0.15, -0.1) is 0 Å². The van der Waals surface area contributed by atoms with Gasteiger partial charge in [0.15, 0.2) is 0 Å². The Balaban J connectivity index is 1.34. The fourth-order valence-corrected chi connectivity index (χ4v) is 6.11. The molecule has 0 spiro atoms. The molecule has 0 saturated carbocycles. The predicted molar refractivity (Wildman–Crippen MR) is 145 cm³/mol. The van der Waals surface area contributed by atoms with Gasteiger partial charge < -0.3 is 20.2 Å². The van der Waals surface area contributed by atoms with E-state index in [1.54, 1.807) is 12.1 Å². The molecule has 6 nitrogen and oxygen atoms in total. The number of alkyl halides is 6. The zero-order valence-electron chi connectivity index (χ0n) is 22.9. The minimum Gasteiger partial charge on any atom is -0.371 e. The lowest BCUT2D eigenvalue weighted by atomic mass is 9.82. The van der Waals surface area contributed by atoms with Crippen molar-refractivity contribution < 1.29 is 41.0 Å². The van der Waals surface area contributed by atoms with Crippen LogP contribution in [0.3, 0.4) is 0 Å². The average molecular weight is 620 g/mol. The van der Waals surface area contributed by atoms with E-state index in [-0.39, 0.29) is 31.0 Å². The summed E-state index contributed by atoms with van der Waals surface area (Å²) in [5.74, 6) is -1.38. The lowest BCUT2D eigenvalue weighted by molar-refractivity contribution is -0.262. The van der Waals surface area contributed by atoms with E-state index in [2.05, 4.69) is 10.2 Å². The molecule has 2 aliphatic heterocycles. The highest BCUT2D eigenvalue weighted by Gasteiger charge is 2.62. The Labute approximate surface area is 244 Å². The maximum atomic E-state index is 14.0. The van der Waals surface area contributed by atoms with Crippen LogP contribution >= 0.6 is 11.6 Å². The number of carbonyl (C=O) groups excluding carboxylic acids is 2. The number of benzene rings is 2. The quantitative estimate of drug-likeness (QED) is 0.389. The monoisotopic (exact) mass is 619 g/mol. The SMILES string of the molecule is CNC(=O)c1ccc(N2CCC(CC3CCN(C(=O)C(O)(c4cccc(C(F)(F)F)c4)C(F)(F)F)CC3)CC2)cc1Cl. The topological polar surface area (TPSA) is 72.9 Å². The van der Waals surface area contributed by atoms with Crippen molar-refractivity contribution in [3.63, 3.8) is 0 Å². The predicted octanol–water partition coefficient (Wildman–Crippen LogP) is 6.01. The van der Waals surface area contributed by atoms with E-state index in [4.69, 9.17) is 11.6 Å². The van der Waals surface area contributed by atoms with E-state index in [1.807, 2.05) is 6.07 Å². The maximum absolute atomic E-state index is 14.0. The lowest BCUT2D eigenvalue weighted by Crippen LogP contribution is -2.57. The van der Waals surface area contributed by atoms with E-state index in [1.165, 1.54) is 7.05 Å². The fourth-order valence-electron chi connectivity index (χ4n) is 5.85. The molecule has 0 aliphatic carbocycles. The van der Waals surface area contributed by atoms with E-state index < -0.39 is 35.0 Å². The van der Waals surface area contributed by atoms with Gasteiger partial charge in [0.2, 0.25) is 0 Å². The van der Waals surface area contributed by atoms with Crippen molar-refractivity contribution in [1.29, 1.82) is 0 Å². The molecule has 2 aromatic rings. The first-order chi connectivity index (χ1) is 19.6. The molecule has 1 unspecified atom stereocenters. The van der Waals surface area contributed by atoms with Crippen LogP contribution in [0.15, 0.2) is 42.5 Å². The minimum atomic E-state index is -5.52. The highest BCUT2D eigenvalue weighted by molar-refractivity contribution is 6.34. The van der Waals surface area contributed by atoms with Crippen molar-refractivity contribution in [2.24, 2.45) is 11.8 Å². The number of likely N-dealkylation sites (tertiary alicyclic amines) is 1. The zero-order valence-corrected chi connectivity index (χ0v) is 23.6. The van der Waals surface area contributed by atoms with Crippen molar-refractivity contribution in [1.82, 2.24) is 10.2 Å². The van der Waals surface area contributed by atoms with Gasteiger partial charge >= 0.3 is 12.4 Å². The van der Waals surface area contributed by atoms with Gasteiger partial charge in [-0.3, -0.25) is 9.59 Å². The molecule has 0 aromatic heterocycles. The van der Waals surface area contributed by atoms with Gasteiger partial charge in [0.05, 0.1) is 16.1 Å². The van der Waals surface area contributed by atoms with Crippen molar-refractivity contribution in [3.8, 4) is 0 Å². The number of nitrogens with one attached hydrogen (secondary N) is 1. The second kappa shape index (κ2) is 12.3. The van der Waals surface area contributed by atoms with Gasteiger partial charge in [-0.1, -0.05) is 23.7 Å². The Morgan fingerprint density at radius 1 is 0.905 bits per heavy atom. The van der Waals surface area contributed by atoms with Gasteiger partial charge in [-0.2, -0.15) is 26.3 Å². The molecule has 42 heavy (non-hydrogen) atoms. The number of nitrogens with zero attached hydrogens (tertiary/aromatic N) is 2. The van der Waals surface area contributed by atoms with Crippen LogP contribution < -0.4 is 10.2 Å². The Hall–Kier alpha value is -2.99. The summed E-state index contributed by atoms with van der Waals surface area (Å²) in [5.41, 5.74) is -5.32. The van der Waals surface area contributed by atoms with E-state index in [0.29, 0.717) is 41.5 Å².